The molecule has 1 fully saturated rings. The number of carboxylic acid groups (broad SMARTS) is 1. The van der Waals surface area contributed by atoms with Crippen molar-refractivity contribution >= 4 is 11.7 Å². The standard InChI is InChI=1S/C17H24N2O2/c1-2-19-11-14(8-12-4-3-7-18-10-12)15-9-13(17(20)21)5-6-16(15)19/h5-6,9,12,14,18H,2-4,7-8,10-11H2,1H3,(H,20,21). The van der Waals surface area contributed by atoms with Crippen molar-refractivity contribution in [3.63, 3.8) is 0 Å². The summed E-state index contributed by atoms with van der Waals surface area (Å²) >= 11 is 0. The first-order valence-electron chi connectivity index (χ1n) is 8.02. The van der Waals surface area contributed by atoms with E-state index in [1.54, 1.807) is 6.07 Å². The molecule has 2 aliphatic rings. The number of piperidine rings is 1. The van der Waals surface area contributed by atoms with Gasteiger partial charge in [-0.25, -0.2) is 4.79 Å². The van der Waals surface area contributed by atoms with Crippen molar-refractivity contribution in [3.8, 4) is 0 Å². The summed E-state index contributed by atoms with van der Waals surface area (Å²) in [7, 11) is 0. The maximum atomic E-state index is 11.2. The molecular formula is C17H24N2O2. The topological polar surface area (TPSA) is 52.6 Å². The molecule has 1 aromatic carbocycles. The molecule has 4 nitrogen and oxygen atoms in total. The zero-order valence-corrected chi connectivity index (χ0v) is 12.6. The van der Waals surface area contributed by atoms with Gasteiger partial charge in [0.25, 0.3) is 0 Å². The van der Waals surface area contributed by atoms with E-state index in [1.165, 1.54) is 30.5 Å². The van der Waals surface area contributed by atoms with Gasteiger partial charge in [0.15, 0.2) is 0 Å². The number of likely N-dealkylation sites (N-methyl/N-ethyl adjacent to an activating group) is 1. The zero-order chi connectivity index (χ0) is 14.8. The fourth-order valence-corrected chi connectivity index (χ4v) is 3.79. The monoisotopic (exact) mass is 288 g/mol. The van der Waals surface area contributed by atoms with Crippen LogP contribution >= 0.6 is 0 Å². The average molecular weight is 288 g/mol. The molecular weight excluding hydrogens is 264 g/mol. The van der Waals surface area contributed by atoms with Crippen molar-refractivity contribution in [3.05, 3.63) is 29.3 Å². The lowest BCUT2D eigenvalue weighted by molar-refractivity contribution is 0.0697. The van der Waals surface area contributed by atoms with Crippen LogP contribution in [0, 0.1) is 5.92 Å². The van der Waals surface area contributed by atoms with Crippen molar-refractivity contribution in [1.29, 1.82) is 0 Å². The van der Waals surface area contributed by atoms with Crippen LogP contribution in [0.5, 0.6) is 0 Å². The number of hydrogen-bond acceptors (Lipinski definition) is 3. The molecule has 0 saturated carbocycles. The van der Waals surface area contributed by atoms with Gasteiger partial charge in [0.2, 0.25) is 0 Å². The third kappa shape index (κ3) is 2.91. The summed E-state index contributed by atoms with van der Waals surface area (Å²) in [6, 6.07) is 5.62. The molecule has 2 unspecified atom stereocenters. The summed E-state index contributed by atoms with van der Waals surface area (Å²) < 4.78 is 0. The Morgan fingerprint density at radius 2 is 2.33 bits per heavy atom. The smallest absolute Gasteiger partial charge is 0.335 e. The van der Waals surface area contributed by atoms with Gasteiger partial charge in [-0.2, -0.15) is 0 Å². The summed E-state index contributed by atoms with van der Waals surface area (Å²) in [5, 5.41) is 12.7. The van der Waals surface area contributed by atoms with Crippen molar-refractivity contribution in [2.24, 2.45) is 5.92 Å². The maximum absolute atomic E-state index is 11.2. The second kappa shape index (κ2) is 6.06. The van der Waals surface area contributed by atoms with E-state index >= 15 is 0 Å². The number of nitrogens with zero attached hydrogens (tertiary/aromatic N) is 1. The van der Waals surface area contributed by atoms with Gasteiger partial charge in [0, 0.05) is 24.7 Å². The minimum Gasteiger partial charge on any atom is -0.478 e. The molecule has 0 radical (unpaired) electrons. The molecule has 3 rings (SSSR count). The molecule has 0 bridgehead atoms. The highest BCUT2D eigenvalue weighted by Crippen LogP contribution is 2.40. The molecule has 2 aliphatic heterocycles. The summed E-state index contributed by atoms with van der Waals surface area (Å²) in [4.78, 5) is 13.6. The van der Waals surface area contributed by atoms with Crippen molar-refractivity contribution < 1.29 is 9.90 Å². The molecule has 0 aliphatic carbocycles. The van der Waals surface area contributed by atoms with Gasteiger partial charge in [-0.05, 0) is 69.0 Å². The van der Waals surface area contributed by atoms with Crippen LogP contribution in [0.3, 0.4) is 0 Å². The summed E-state index contributed by atoms with van der Waals surface area (Å²) in [6.45, 7) is 6.43. The minimum atomic E-state index is -0.828. The number of carbonyl (C=O) groups is 1. The van der Waals surface area contributed by atoms with E-state index < -0.39 is 5.97 Å². The fraction of sp³-hybridized carbons (Fsp3) is 0.588. The minimum absolute atomic E-state index is 0.415. The Morgan fingerprint density at radius 3 is 3.00 bits per heavy atom. The highest BCUT2D eigenvalue weighted by Gasteiger charge is 2.30. The van der Waals surface area contributed by atoms with Crippen LogP contribution < -0.4 is 10.2 Å². The van der Waals surface area contributed by atoms with Crippen LogP contribution in [0.15, 0.2) is 18.2 Å². The number of hydrogen-bond donors (Lipinski definition) is 2. The Kier molecular flexibility index (Phi) is 4.15. The number of carboxylic acids is 1. The number of fused-ring (bicyclic) bond motifs is 1. The van der Waals surface area contributed by atoms with Crippen LogP contribution in [-0.2, 0) is 0 Å². The van der Waals surface area contributed by atoms with E-state index in [9.17, 15) is 9.90 Å². The van der Waals surface area contributed by atoms with Gasteiger partial charge in [0.1, 0.15) is 0 Å². The van der Waals surface area contributed by atoms with Crippen LogP contribution in [0.4, 0.5) is 5.69 Å². The van der Waals surface area contributed by atoms with Gasteiger partial charge in [-0.3, -0.25) is 0 Å². The molecule has 0 aromatic heterocycles. The second-order valence-electron chi connectivity index (χ2n) is 6.26. The molecule has 1 aromatic rings. The van der Waals surface area contributed by atoms with E-state index in [-0.39, 0.29) is 0 Å². The SMILES string of the molecule is CCN1CC(CC2CCCNC2)c2cc(C(=O)O)ccc21. The molecule has 2 heterocycles. The van der Waals surface area contributed by atoms with Crippen molar-refractivity contribution in [1.82, 2.24) is 5.32 Å². The lowest BCUT2D eigenvalue weighted by Crippen LogP contribution is -2.31. The zero-order valence-electron chi connectivity index (χ0n) is 12.6. The van der Waals surface area contributed by atoms with Gasteiger partial charge in [-0.1, -0.05) is 0 Å². The Balaban J connectivity index is 1.83. The Labute approximate surface area is 126 Å². The largest absolute Gasteiger partial charge is 0.478 e. The van der Waals surface area contributed by atoms with Crippen LogP contribution in [-0.4, -0.2) is 37.3 Å². The maximum Gasteiger partial charge on any atom is 0.335 e. The molecule has 2 N–H and O–H groups in total. The number of anilines is 1. The van der Waals surface area contributed by atoms with Gasteiger partial charge >= 0.3 is 5.97 Å². The first-order valence-corrected chi connectivity index (χ1v) is 8.02. The Morgan fingerprint density at radius 1 is 1.48 bits per heavy atom. The lowest BCUT2D eigenvalue weighted by atomic mass is 9.86. The summed E-state index contributed by atoms with van der Waals surface area (Å²) in [5.74, 6) is 0.372. The number of aromatic carboxylic acids is 1. The molecule has 1 saturated heterocycles. The van der Waals surface area contributed by atoms with Crippen LogP contribution in [0.1, 0.15) is 48.0 Å². The predicted molar refractivity (Wildman–Crippen MR) is 84.2 cm³/mol. The molecule has 4 heteroatoms. The van der Waals surface area contributed by atoms with E-state index in [0.29, 0.717) is 11.5 Å². The van der Waals surface area contributed by atoms with E-state index in [4.69, 9.17) is 0 Å². The Bertz CT molecular complexity index is 524. The fourth-order valence-electron chi connectivity index (χ4n) is 3.79. The lowest BCUT2D eigenvalue weighted by Gasteiger charge is -2.26. The highest BCUT2D eigenvalue weighted by molar-refractivity contribution is 5.89. The van der Waals surface area contributed by atoms with Crippen LogP contribution in [0.25, 0.3) is 0 Å². The first kappa shape index (κ1) is 14.4. The highest BCUT2D eigenvalue weighted by atomic mass is 16.4. The third-order valence-electron chi connectivity index (χ3n) is 4.89. The van der Waals surface area contributed by atoms with Crippen molar-refractivity contribution in [2.45, 2.75) is 32.1 Å². The molecule has 2 atom stereocenters. The number of rotatable bonds is 4. The molecule has 0 amide bonds. The van der Waals surface area contributed by atoms with Gasteiger partial charge in [0.05, 0.1) is 5.56 Å². The van der Waals surface area contributed by atoms with Gasteiger partial charge in [-0.15, -0.1) is 0 Å². The van der Waals surface area contributed by atoms with E-state index in [2.05, 4.69) is 17.1 Å². The summed E-state index contributed by atoms with van der Waals surface area (Å²) in [5.41, 5.74) is 2.89. The number of nitrogens with one attached hydrogen (secondary N) is 1. The van der Waals surface area contributed by atoms with Crippen LogP contribution in [0.2, 0.25) is 0 Å². The van der Waals surface area contributed by atoms with Gasteiger partial charge < -0.3 is 15.3 Å². The third-order valence-corrected chi connectivity index (χ3v) is 4.89. The second-order valence-corrected chi connectivity index (χ2v) is 6.26. The molecule has 114 valence electrons. The van der Waals surface area contributed by atoms with Crippen molar-refractivity contribution in [2.75, 3.05) is 31.1 Å². The van der Waals surface area contributed by atoms with E-state index in [1.807, 2.05) is 12.1 Å². The summed E-state index contributed by atoms with van der Waals surface area (Å²) in [6.07, 6.45) is 3.72. The normalized spacial score (nSPS) is 24.9. The first-order chi connectivity index (χ1) is 10.2. The molecule has 0 spiro atoms. The quantitative estimate of drug-likeness (QED) is 0.894. The molecule has 21 heavy (non-hydrogen) atoms. The average Bonchev–Trinajstić information content (AvgIpc) is 2.85. The number of benzene rings is 1. The van der Waals surface area contributed by atoms with E-state index in [0.717, 1.165) is 32.1 Å². The Hall–Kier alpha value is -1.55. The predicted octanol–water partition coefficient (Wildman–Crippen LogP) is 2.70.